The molecule has 1 unspecified atom stereocenters. The van der Waals surface area contributed by atoms with Gasteiger partial charge in [-0.25, -0.2) is 4.39 Å². The molecule has 16 heavy (non-hydrogen) atoms. The minimum atomic E-state index is -0.610. The summed E-state index contributed by atoms with van der Waals surface area (Å²) in [6, 6.07) is 4.06. The second-order valence-electron chi connectivity index (χ2n) is 3.32. The van der Waals surface area contributed by atoms with Gasteiger partial charge in [-0.2, -0.15) is 0 Å². The fraction of sp³-hybridized carbons (Fsp3) is 0.455. The van der Waals surface area contributed by atoms with Crippen LogP contribution < -0.4 is 5.32 Å². The predicted molar refractivity (Wildman–Crippen MR) is 62.4 cm³/mol. The summed E-state index contributed by atoms with van der Waals surface area (Å²) in [5.74, 6) is -0.384. The summed E-state index contributed by atoms with van der Waals surface area (Å²) in [6.45, 7) is 3.00. The molecule has 0 spiro atoms. The van der Waals surface area contributed by atoms with Crippen LogP contribution in [0.5, 0.6) is 0 Å². The van der Waals surface area contributed by atoms with Gasteiger partial charge in [-0.1, -0.05) is 11.6 Å². The number of nitrogens with one attached hydrogen (secondary N) is 1. The van der Waals surface area contributed by atoms with Crippen LogP contribution in [0.3, 0.4) is 0 Å². The molecule has 0 heterocycles. The van der Waals surface area contributed by atoms with Crippen LogP contribution in [0.25, 0.3) is 0 Å². The summed E-state index contributed by atoms with van der Waals surface area (Å²) < 4.78 is 17.8. The fourth-order valence-electron chi connectivity index (χ4n) is 1.17. The molecule has 1 aromatic rings. The monoisotopic (exact) mass is 247 g/mol. The van der Waals surface area contributed by atoms with Crippen molar-refractivity contribution in [1.82, 2.24) is 0 Å². The van der Waals surface area contributed by atoms with Crippen LogP contribution in [-0.4, -0.2) is 31.0 Å². The highest BCUT2D eigenvalue weighted by atomic mass is 35.5. The molecule has 0 aromatic heterocycles. The molecule has 1 aromatic carbocycles. The molecule has 1 atom stereocenters. The van der Waals surface area contributed by atoms with E-state index in [-0.39, 0.29) is 12.4 Å². The van der Waals surface area contributed by atoms with Gasteiger partial charge in [-0.3, -0.25) is 0 Å². The molecule has 1 rings (SSSR count). The van der Waals surface area contributed by atoms with Crippen molar-refractivity contribution >= 4 is 17.3 Å². The lowest BCUT2D eigenvalue weighted by Crippen LogP contribution is -2.24. The quantitative estimate of drug-likeness (QED) is 0.811. The molecule has 3 nitrogen and oxygen atoms in total. The Hall–Kier alpha value is -0.840. The summed E-state index contributed by atoms with van der Waals surface area (Å²) in [4.78, 5) is 0. The third kappa shape index (κ3) is 4.35. The fourth-order valence-corrected chi connectivity index (χ4v) is 1.41. The van der Waals surface area contributed by atoms with Gasteiger partial charge < -0.3 is 15.2 Å². The zero-order valence-corrected chi connectivity index (χ0v) is 9.80. The van der Waals surface area contributed by atoms with E-state index in [9.17, 15) is 9.50 Å². The molecule has 0 fully saturated rings. The van der Waals surface area contributed by atoms with Gasteiger partial charge in [0.1, 0.15) is 5.82 Å². The van der Waals surface area contributed by atoms with Crippen LogP contribution in [0.2, 0.25) is 5.02 Å². The van der Waals surface area contributed by atoms with Crippen LogP contribution in [0.1, 0.15) is 6.92 Å². The summed E-state index contributed by atoms with van der Waals surface area (Å²) >= 11 is 5.80. The summed E-state index contributed by atoms with van der Waals surface area (Å²) in [7, 11) is 0. The molecule has 0 aliphatic rings. The highest BCUT2D eigenvalue weighted by Crippen LogP contribution is 2.22. The topological polar surface area (TPSA) is 41.5 Å². The first-order valence-electron chi connectivity index (χ1n) is 5.08. The van der Waals surface area contributed by atoms with Gasteiger partial charge >= 0.3 is 0 Å². The lowest BCUT2D eigenvalue weighted by Gasteiger charge is -2.13. The second-order valence-corrected chi connectivity index (χ2v) is 3.73. The van der Waals surface area contributed by atoms with E-state index in [1.807, 2.05) is 6.92 Å². The lowest BCUT2D eigenvalue weighted by atomic mass is 10.3. The first kappa shape index (κ1) is 13.2. The number of hydrogen-bond acceptors (Lipinski definition) is 3. The maximum atomic E-state index is 12.7. The Balaban J connectivity index is 2.42. The molecule has 90 valence electrons. The Morgan fingerprint density at radius 3 is 2.94 bits per heavy atom. The van der Waals surface area contributed by atoms with Crippen LogP contribution >= 0.6 is 11.6 Å². The first-order chi connectivity index (χ1) is 7.63. The van der Waals surface area contributed by atoms with E-state index < -0.39 is 6.10 Å². The van der Waals surface area contributed by atoms with Crippen molar-refractivity contribution in [2.45, 2.75) is 13.0 Å². The Morgan fingerprint density at radius 2 is 2.31 bits per heavy atom. The van der Waals surface area contributed by atoms with Gasteiger partial charge in [0.05, 0.1) is 23.4 Å². The summed E-state index contributed by atoms with van der Waals surface area (Å²) in [5.41, 5.74) is 0.596. The third-order valence-corrected chi connectivity index (χ3v) is 2.29. The Morgan fingerprint density at radius 1 is 1.56 bits per heavy atom. The van der Waals surface area contributed by atoms with Gasteiger partial charge in [0, 0.05) is 13.2 Å². The highest BCUT2D eigenvalue weighted by molar-refractivity contribution is 6.33. The minimum absolute atomic E-state index is 0.266. The molecule has 2 N–H and O–H groups in total. The number of rotatable bonds is 6. The Labute approximate surface area is 99.2 Å². The maximum Gasteiger partial charge on any atom is 0.124 e. The van der Waals surface area contributed by atoms with E-state index in [4.69, 9.17) is 16.3 Å². The largest absolute Gasteiger partial charge is 0.389 e. The summed E-state index contributed by atoms with van der Waals surface area (Å²) in [6.07, 6.45) is -0.610. The van der Waals surface area contributed by atoms with Crippen molar-refractivity contribution in [2.75, 3.05) is 25.1 Å². The van der Waals surface area contributed by atoms with Crippen molar-refractivity contribution in [1.29, 1.82) is 0 Å². The average molecular weight is 248 g/mol. The second kappa shape index (κ2) is 6.68. The van der Waals surface area contributed by atoms with Gasteiger partial charge in [-0.05, 0) is 25.1 Å². The first-order valence-corrected chi connectivity index (χ1v) is 5.46. The maximum absolute atomic E-state index is 12.7. The van der Waals surface area contributed by atoms with E-state index in [1.54, 1.807) is 0 Å². The number of aliphatic hydroxyl groups excluding tert-OH is 1. The molecule has 0 bridgehead atoms. The number of anilines is 1. The van der Waals surface area contributed by atoms with Crippen LogP contribution in [0.15, 0.2) is 18.2 Å². The van der Waals surface area contributed by atoms with E-state index >= 15 is 0 Å². The SMILES string of the molecule is CCOCC(O)CNc1ccc(F)cc1Cl. The van der Waals surface area contributed by atoms with Crippen LogP contribution in [-0.2, 0) is 4.74 Å². The van der Waals surface area contributed by atoms with Crippen molar-refractivity contribution < 1.29 is 14.2 Å². The minimum Gasteiger partial charge on any atom is -0.389 e. The highest BCUT2D eigenvalue weighted by Gasteiger charge is 2.06. The van der Waals surface area contributed by atoms with Crippen molar-refractivity contribution in [3.05, 3.63) is 29.0 Å². The molecule has 0 amide bonds. The molecule has 0 radical (unpaired) electrons. The van der Waals surface area contributed by atoms with Crippen LogP contribution in [0.4, 0.5) is 10.1 Å². The van der Waals surface area contributed by atoms with Gasteiger partial charge in [0.25, 0.3) is 0 Å². The van der Waals surface area contributed by atoms with Gasteiger partial charge in [-0.15, -0.1) is 0 Å². The van der Waals surface area contributed by atoms with Gasteiger partial charge in [0.2, 0.25) is 0 Å². The number of benzene rings is 1. The van der Waals surface area contributed by atoms with E-state index in [0.717, 1.165) is 0 Å². The molecular formula is C11H15ClFNO2. The zero-order valence-electron chi connectivity index (χ0n) is 9.04. The van der Waals surface area contributed by atoms with E-state index in [0.29, 0.717) is 23.9 Å². The summed E-state index contributed by atoms with van der Waals surface area (Å²) in [5, 5.41) is 12.7. The molecule has 0 saturated carbocycles. The van der Waals surface area contributed by atoms with Crippen molar-refractivity contribution in [3.63, 3.8) is 0 Å². The molecule has 0 aliphatic carbocycles. The standard InChI is InChI=1S/C11H15ClFNO2/c1-2-16-7-9(15)6-14-11-4-3-8(13)5-10(11)12/h3-5,9,14-15H,2,6-7H2,1H3. The number of ether oxygens (including phenoxy) is 1. The molecule has 5 heteroatoms. The normalized spacial score (nSPS) is 12.5. The number of hydrogen-bond donors (Lipinski definition) is 2. The van der Waals surface area contributed by atoms with Crippen LogP contribution in [0, 0.1) is 5.82 Å². The molecular weight excluding hydrogens is 233 g/mol. The number of halogens is 2. The van der Waals surface area contributed by atoms with E-state index in [1.165, 1.54) is 18.2 Å². The third-order valence-electron chi connectivity index (χ3n) is 1.97. The Kier molecular flexibility index (Phi) is 5.52. The van der Waals surface area contributed by atoms with E-state index in [2.05, 4.69) is 5.32 Å². The smallest absolute Gasteiger partial charge is 0.124 e. The van der Waals surface area contributed by atoms with Crippen molar-refractivity contribution in [3.8, 4) is 0 Å². The van der Waals surface area contributed by atoms with Gasteiger partial charge in [0.15, 0.2) is 0 Å². The van der Waals surface area contributed by atoms with Crippen molar-refractivity contribution in [2.24, 2.45) is 0 Å². The predicted octanol–water partition coefficient (Wildman–Crippen LogP) is 2.29. The Bertz CT molecular complexity index is 336. The zero-order chi connectivity index (χ0) is 12.0. The average Bonchev–Trinajstić information content (AvgIpc) is 2.25. The molecule has 0 aliphatic heterocycles. The molecule has 0 saturated heterocycles. The lowest BCUT2D eigenvalue weighted by molar-refractivity contribution is 0.0496. The number of aliphatic hydroxyl groups is 1.